The number of aliphatic hydroxyl groups excluding tert-OH is 1. The van der Waals surface area contributed by atoms with E-state index < -0.39 is 17.5 Å². The predicted molar refractivity (Wildman–Crippen MR) is 66.7 cm³/mol. The van der Waals surface area contributed by atoms with E-state index in [1.54, 1.807) is 24.3 Å². The predicted octanol–water partition coefficient (Wildman–Crippen LogP) is 2.71. The van der Waals surface area contributed by atoms with Gasteiger partial charge < -0.3 is 10.4 Å². The number of carbonyl (C=O) groups excluding carboxylic acids is 1. The Labute approximate surface area is 108 Å². The Hall–Kier alpha value is -2.27. The summed E-state index contributed by atoms with van der Waals surface area (Å²) in [5.41, 5.74) is 1.09. The van der Waals surface area contributed by atoms with E-state index >= 15 is 0 Å². The van der Waals surface area contributed by atoms with E-state index in [2.05, 4.69) is 5.32 Å². The van der Waals surface area contributed by atoms with Gasteiger partial charge in [0, 0.05) is 17.3 Å². The molecule has 0 radical (unpaired) electrons. The lowest BCUT2D eigenvalue weighted by atomic mass is 10.2. The largest absolute Gasteiger partial charge is 0.392 e. The summed E-state index contributed by atoms with van der Waals surface area (Å²) >= 11 is 0. The molecule has 0 bridgehead atoms. The molecule has 0 aliphatic rings. The molecule has 1 amide bonds. The fourth-order valence-electron chi connectivity index (χ4n) is 1.58. The molecule has 5 heteroatoms. The van der Waals surface area contributed by atoms with Gasteiger partial charge in [-0.2, -0.15) is 0 Å². The van der Waals surface area contributed by atoms with E-state index in [9.17, 15) is 13.6 Å². The molecule has 0 heterocycles. The smallest absolute Gasteiger partial charge is 0.255 e. The molecule has 98 valence electrons. The van der Waals surface area contributed by atoms with Crippen molar-refractivity contribution >= 4 is 11.6 Å². The average molecular weight is 263 g/mol. The van der Waals surface area contributed by atoms with Crippen LogP contribution in [0.25, 0.3) is 0 Å². The lowest BCUT2D eigenvalue weighted by Gasteiger charge is -2.06. The maximum atomic E-state index is 13.0. The standard InChI is InChI=1S/C14H11F2NO2/c15-11-5-10(6-12(16)7-11)14(19)17-13-3-1-9(8-18)2-4-13/h1-7,18H,8H2,(H,17,19). The van der Waals surface area contributed by atoms with Crippen molar-refractivity contribution in [2.24, 2.45) is 0 Å². The van der Waals surface area contributed by atoms with Crippen molar-refractivity contribution in [1.82, 2.24) is 0 Å². The zero-order valence-electron chi connectivity index (χ0n) is 9.86. The Balaban J connectivity index is 2.15. The summed E-state index contributed by atoms with van der Waals surface area (Å²) in [6.07, 6.45) is 0. The number of aliphatic hydroxyl groups is 1. The normalized spacial score (nSPS) is 10.3. The van der Waals surface area contributed by atoms with E-state index in [1.807, 2.05) is 0 Å². The first kappa shape index (κ1) is 13.2. The second-order valence-corrected chi connectivity index (χ2v) is 3.97. The second-order valence-electron chi connectivity index (χ2n) is 3.97. The van der Waals surface area contributed by atoms with Crippen LogP contribution in [0.3, 0.4) is 0 Å². The number of amides is 1. The molecule has 2 aromatic rings. The Morgan fingerprint density at radius 3 is 2.16 bits per heavy atom. The lowest BCUT2D eigenvalue weighted by molar-refractivity contribution is 0.102. The van der Waals surface area contributed by atoms with E-state index in [-0.39, 0.29) is 12.2 Å². The van der Waals surface area contributed by atoms with Crippen molar-refractivity contribution in [2.75, 3.05) is 5.32 Å². The number of rotatable bonds is 3. The van der Waals surface area contributed by atoms with Gasteiger partial charge in [0.05, 0.1) is 6.61 Å². The molecule has 2 rings (SSSR count). The van der Waals surface area contributed by atoms with Crippen LogP contribution in [0.15, 0.2) is 42.5 Å². The van der Waals surface area contributed by atoms with Crippen LogP contribution in [0, 0.1) is 11.6 Å². The molecule has 0 aliphatic carbocycles. The van der Waals surface area contributed by atoms with Crippen LogP contribution >= 0.6 is 0 Å². The van der Waals surface area contributed by atoms with Gasteiger partial charge in [0.25, 0.3) is 5.91 Å². The Bertz CT molecular complexity index is 577. The highest BCUT2D eigenvalue weighted by atomic mass is 19.1. The number of anilines is 1. The number of hydrogen-bond donors (Lipinski definition) is 2. The van der Waals surface area contributed by atoms with Crippen LogP contribution in [0.5, 0.6) is 0 Å². The molecular weight excluding hydrogens is 252 g/mol. The summed E-state index contributed by atoms with van der Waals surface area (Å²) in [4.78, 5) is 11.8. The van der Waals surface area contributed by atoms with Crippen LogP contribution < -0.4 is 5.32 Å². The summed E-state index contributed by atoms with van der Waals surface area (Å²) in [6, 6.07) is 9.09. The van der Waals surface area contributed by atoms with Crippen molar-refractivity contribution in [1.29, 1.82) is 0 Å². The highest BCUT2D eigenvalue weighted by molar-refractivity contribution is 6.04. The van der Waals surface area contributed by atoms with Crippen LogP contribution in [-0.2, 0) is 6.61 Å². The first-order valence-electron chi connectivity index (χ1n) is 5.56. The number of carbonyl (C=O) groups is 1. The van der Waals surface area contributed by atoms with E-state index in [4.69, 9.17) is 5.11 Å². The molecule has 0 aliphatic heterocycles. The molecule has 0 aromatic heterocycles. The lowest BCUT2D eigenvalue weighted by Crippen LogP contribution is -2.12. The third kappa shape index (κ3) is 3.35. The van der Waals surface area contributed by atoms with Gasteiger partial charge in [-0.1, -0.05) is 12.1 Å². The minimum atomic E-state index is -0.805. The maximum absolute atomic E-state index is 13.0. The number of benzene rings is 2. The SMILES string of the molecule is O=C(Nc1ccc(CO)cc1)c1cc(F)cc(F)c1. The summed E-state index contributed by atoms with van der Waals surface area (Å²) in [5, 5.41) is 11.4. The van der Waals surface area contributed by atoms with Crippen LogP contribution in [-0.4, -0.2) is 11.0 Å². The molecule has 2 N–H and O–H groups in total. The zero-order chi connectivity index (χ0) is 13.8. The van der Waals surface area contributed by atoms with Gasteiger partial charge in [-0.25, -0.2) is 8.78 Å². The number of nitrogens with one attached hydrogen (secondary N) is 1. The molecule has 19 heavy (non-hydrogen) atoms. The molecule has 0 atom stereocenters. The van der Waals surface area contributed by atoms with Crippen molar-refractivity contribution in [3.05, 3.63) is 65.2 Å². The van der Waals surface area contributed by atoms with Crippen LogP contribution in [0.4, 0.5) is 14.5 Å². The highest BCUT2D eigenvalue weighted by Gasteiger charge is 2.09. The quantitative estimate of drug-likeness (QED) is 0.894. The first-order chi connectivity index (χ1) is 9.08. The zero-order valence-corrected chi connectivity index (χ0v) is 9.86. The molecule has 0 spiro atoms. The van der Waals surface area contributed by atoms with Gasteiger partial charge in [-0.3, -0.25) is 4.79 Å². The molecule has 3 nitrogen and oxygen atoms in total. The molecule has 0 unspecified atom stereocenters. The van der Waals surface area contributed by atoms with Gasteiger partial charge in [-0.05, 0) is 29.8 Å². The number of halogens is 2. The summed E-state index contributed by atoms with van der Waals surface area (Å²) in [5.74, 6) is -2.21. The Morgan fingerprint density at radius 2 is 1.63 bits per heavy atom. The summed E-state index contributed by atoms with van der Waals surface area (Å²) < 4.78 is 26.0. The third-order valence-electron chi connectivity index (χ3n) is 2.52. The third-order valence-corrected chi connectivity index (χ3v) is 2.52. The fourth-order valence-corrected chi connectivity index (χ4v) is 1.58. The van der Waals surface area contributed by atoms with Crippen molar-refractivity contribution in [2.45, 2.75) is 6.61 Å². The van der Waals surface area contributed by atoms with Gasteiger partial charge in [0.15, 0.2) is 0 Å². The van der Waals surface area contributed by atoms with Gasteiger partial charge in [-0.15, -0.1) is 0 Å². The first-order valence-corrected chi connectivity index (χ1v) is 5.56. The fraction of sp³-hybridized carbons (Fsp3) is 0.0714. The van der Waals surface area contributed by atoms with Gasteiger partial charge in [0.2, 0.25) is 0 Å². The molecular formula is C14H11F2NO2. The second kappa shape index (κ2) is 5.58. The Morgan fingerprint density at radius 1 is 1.05 bits per heavy atom. The van der Waals surface area contributed by atoms with Crippen LogP contribution in [0.2, 0.25) is 0 Å². The topological polar surface area (TPSA) is 49.3 Å². The average Bonchev–Trinajstić information content (AvgIpc) is 2.38. The molecule has 0 saturated carbocycles. The molecule has 0 saturated heterocycles. The highest BCUT2D eigenvalue weighted by Crippen LogP contribution is 2.13. The van der Waals surface area contributed by atoms with E-state index in [1.165, 1.54) is 0 Å². The number of hydrogen-bond acceptors (Lipinski definition) is 2. The van der Waals surface area contributed by atoms with Crippen molar-refractivity contribution in [3.8, 4) is 0 Å². The van der Waals surface area contributed by atoms with Crippen molar-refractivity contribution in [3.63, 3.8) is 0 Å². The van der Waals surface area contributed by atoms with E-state index in [0.29, 0.717) is 17.3 Å². The Kier molecular flexibility index (Phi) is 3.87. The molecule has 2 aromatic carbocycles. The minimum Gasteiger partial charge on any atom is -0.392 e. The van der Waals surface area contributed by atoms with Gasteiger partial charge >= 0.3 is 0 Å². The minimum absolute atomic E-state index is 0.0938. The maximum Gasteiger partial charge on any atom is 0.255 e. The summed E-state index contributed by atoms with van der Waals surface area (Å²) in [7, 11) is 0. The monoisotopic (exact) mass is 263 g/mol. The van der Waals surface area contributed by atoms with Crippen LogP contribution in [0.1, 0.15) is 15.9 Å². The summed E-state index contributed by atoms with van der Waals surface area (Å²) in [6.45, 7) is -0.0939. The molecule has 0 fully saturated rings. The van der Waals surface area contributed by atoms with E-state index in [0.717, 1.165) is 12.1 Å². The van der Waals surface area contributed by atoms with Crippen molar-refractivity contribution < 1.29 is 18.7 Å². The van der Waals surface area contributed by atoms with Gasteiger partial charge in [0.1, 0.15) is 11.6 Å².